The molecule has 1 unspecified atom stereocenters. The number of nitrogens with zero attached hydrogens (tertiary/aromatic N) is 2. The average Bonchev–Trinajstić information content (AvgIpc) is 3.09. The largest absolute Gasteiger partial charge is 0.379 e. The highest BCUT2D eigenvalue weighted by Crippen LogP contribution is 2.17. The van der Waals surface area contributed by atoms with E-state index in [-0.39, 0.29) is 6.03 Å². The molecule has 0 saturated carbocycles. The number of urea groups is 1. The first-order valence-electron chi connectivity index (χ1n) is 9.37. The first-order chi connectivity index (χ1) is 12.3. The third-order valence-electron chi connectivity index (χ3n) is 4.99. The van der Waals surface area contributed by atoms with Crippen LogP contribution in [0.25, 0.3) is 0 Å². The van der Waals surface area contributed by atoms with Crippen LogP contribution in [0.15, 0.2) is 30.3 Å². The van der Waals surface area contributed by atoms with Crippen molar-refractivity contribution in [2.24, 2.45) is 5.92 Å². The molecule has 6 heteroatoms. The Morgan fingerprint density at radius 1 is 1.08 bits per heavy atom. The number of ether oxygens (including phenoxy) is 1. The summed E-state index contributed by atoms with van der Waals surface area (Å²) < 4.78 is 5.32. The third kappa shape index (κ3) is 6.30. The lowest BCUT2D eigenvalue weighted by Crippen LogP contribution is -2.44. The van der Waals surface area contributed by atoms with E-state index in [0.29, 0.717) is 12.5 Å². The molecule has 2 saturated heterocycles. The van der Waals surface area contributed by atoms with E-state index in [1.54, 1.807) is 0 Å². The van der Waals surface area contributed by atoms with E-state index in [1.807, 2.05) is 0 Å². The predicted molar refractivity (Wildman–Crippen MR) is 98.5 cm³/mol. The van der Waals surface area contributed by atoms with Crippen molar-refractivity contribution in [2.75, 3.05) is 59.0 Å². The molecule has 25 heavy (non-hydrogen) atoms. The Balaban J connectivity index is 1.26. The van der Waals surface area contributed by atoms with Crippen LogP contribution in [0.3, 0.4) is 0 Å². The summed E-state index contributed by atoms with van der Waals surface area (Å²) in [5, 5.41) is 5.99. The van der Waals surface area contributed by atoms with Crippen molar-refractivity contribution >= 4 is 6.03 Å². The van der Waals surface area contributed by atoms with Gasteiger partial charge in [0.25, 0.3) is 0 Å². The van der Waals surface area contributed by atoms with Gasteiger partial charge in [-0.2, -0.15) is 0 Å². The van der Waals surface area contributed by atoms with E-state index in [0.717, 1.165) is 65.4 Å². The minimum atomic E-state index is -0.0465. The third-order valence-corrected chi connectivity index (χ3v) is 4.99. The van der Waals surface area contributed by atoms with Crippen LogP contribution in [0.2, 0.25) is 0 Å². The minimum absolute atomic E-state index is 0.0465. The number of carbonyl (C=O) groups excluding carboxylic acids is 1. The lowest BCUT2D eigenvalue weighted by molar-refractivity contribution is 0.0387. The number of benzene rings is 1. The fraction of sp³-hybridized carbons (Fsp3) is 0.632. The lowest BCUT2D eigenvalue weighted by Gasteiger charge is -2.26. The van der Waals surface area contributed by atoms with Gasteiger partial charge in [-0.05, 0) is 24.4 Å². The fourth-order valence-electron chi connectivity index (χ4n) is 3.52. The van der Waals surface area contributed by atoms with Gasteiger partial charge >= 0.3 is 6.03 Å². The Kier molecular flexibility index (Phi) is 7.09. The van der Waals surface area contributed by atoms with Crippen LogP contribution in [0, 0.1) is 5.92 Å². The summed E-state index contributed by atoms with van der Waals surface area (Å²) in [4.78, 5) is 16.7. The molecular weight excluding hydrogens is 316 g/mol. The number of hydrogen-bond acceptors (Lipinski definition) is 4. The molecule has 138 valence electrons. The Hall–Kier alpha value is -1.63. The Labute approximate surface area is 150 Å². The van der Waals surface area contributed by atoms with Gasteiger partial charge in [-0.25, -0.2) is 4.79 Å². The SMILES string of the molecule is O=C(NCCN1CCOCC1)NCC1CCN(Cc2ccccc2)C1. The molecule has 3 rings (SSSR count). The zero-order chi connectivity index (χ0) is 17.3. The molecule has 0 bridgehead atoms. The van der Waals surface area contributed by atoms with E-state index >= 15 is 0 Å². The summed E-state index contributed by atoms with van der Waals surface area (Å²) in [5.74, 6) is 0.550. The molecule has 0 aromatic heterocycles. The number of rotatable bonds is 7. The van der Waals surface area contributed by atoms with Crippen molar-refractivity contribution in [3.05, 3.63) is 35.9 Å². The number of carbonyl (C=O) groups is 1. The van der Waals surface area contributed by atoms with Gasteiger partial charge in [0, 0.05) is 45.8 Å². The molecule has 0 aliphatic carbocycles. The van der Waals surface area contributed by atoms with Crippen LogP contribution >= 0.6 is 0 Å². The molecule has 2 heterocycles. The number of morpholine rings is 1. The maximum Gasteiger partial charge on any atom is 0.314 e. The van der Waals surface area contributed by atoms with E-state index in [2.05, 4.69) is 50.8 Å². The number of nitrogens with one attached hydrogen (secondary N) is 2. The Bertz CT molecular complexity index is 519. The highest BCUT2D eigenvalue weighted by molar-refractivity contribution is 5.73. The Morgan fingerprint density at radius 3 is 2.68 bits per heavy atom. The number of likely N-dealkylation sites (tertiary alicyclic amines) is 1. The summed E-state index contributed by atoms with van der Waals surface area (Å²) in [6, 6.07) is 10.5. The van der Waals surface area contributed by atoms with E-state index in [1.165, 1.54) is 5.56 Å². The molecule has 2 aliphatic heterocycles. The van der Waals surface area contributed by atoms with Crippen molar-refractivity contribution in [1.29, 1.82) is 0 Å². The summed E-state index contributed by atoms with van der Waals surface area (Å²) in [6.07, 6.45) is 1.15. The van der Waals surface area contributed by atoms with E-state index in [9.17, 15) is 4.79 Å². The van der Waals surface area contributed by atoms with Crippen molar-refractivity contribution in [2.45, 2.75) is 13.0 Å². The Morgan fingerprint density at radius 2 is 1.88 bits per heavy atom. The highest BCUT2D eigenvalue weighted by Gasteiger charge is 2.22. The van der Waals surface area contributed by atoms with Crippen LogP contribution in [-0.4, -0.2) is 74.9 Å². The predicted octanol–water partition coefficient (Wildman–Crippen LogP) is 1.14. The first kappa shape index (κ1) is 18.2. The average molecular weight is 346 g/mol. The molecular formula is C19H30N4O2. The normalized spacial score (nSPS) is 22.0. The molecule has 2 amide bonds. The number of amides is 2. The summed E-state index contributed by atoms with van der Waals surface area (Å²) in [6.45, 7) is 9.04. The van der Waals surface area contributed by atoms with Gasteiger partial charge in [0.1, 0.15) is 0 Å². The van der Waals surface area contributed by atoms with Crippen LogP contribution in [0.5, 0.6) is 0 Å². The van der Waals surface area contributed by atoms with Crippen molar-refractivity contribution in [3.8, 4) is 0 Å². The lowest BCUT2D eigenvalue weighted by atomic mass is 10.1. The zero-order valence-electron chi connectivity index (χ0n) is 15.0. The van der Waals surface area contributed by atoms with Crippen LogP contribution < -0.4 is 10.6 Å². The van der Waals surface area contributed by atoms with Crippen LogP contribution in [0.4, 0.5) is 4.79 Å². The summed E-state index contributed by atoms with van der Waals surface area (Å²) in [5.41, 5.74) is 1.36. The van der Waals surface area contributed by atoms with Crippen molar-refractivity contribution < 1.29 is 9.53 Å². The van der Waals surface area contributed by atoms with Gasteiger partial charge in [0.15, 0.2) is 0 Å². The maximum atomic E-state index is 11.9. The van der Waals surface area contributed by atoms with Crippen molar-refractivity contribution in [1.82, 2.24) is 20.4 Å². The molecule has 2 fully saturated rings. The van der Waals surface area contributed by atoms with Crippen LogP contribution in [0.1, 0.15) is 12.0 Å². The smallest absolute Gasteiger partial charge is 0.314 e. The highest BCUT2D eigenvalue weighted by atomic mass is 16.5. The quantitative estimate of drug-likeness (QED) is 0.777. The molecule has 2 aliphatic rings. The topological polar surface area (TPSA) is 56.8 Å². The molecule has 0 spiro atoms. The zero-order valence-corrected chi connectivity index (χ0v) is 15.0. The van der Waals surface area contributed by atoms with Crippen molar-refractivity contribution in [3.63, 3.8) is 0 Å². The second-order valence-electron chi connectivity index (χ2n) is 6.97. The number of hydrogen-bond donors (Lipinski definition) is 2. The first-order valence-corrected chi connectivity index (χ1v) is 9.37. The monoisotopic (exact) mass is 346 g/mol. The van der Waals surface area contributed by atoms with Gasteiger partial charge in [0.05, 0.1) is 13.2 Å². The molecule has 1 aromatic carbocycles. The molecule has 6 nitrogen and oxygen atoms in total. The molecule has 0 radical (unpaired) electrons. The van der Waals surface area contributed by atoms with E-state index in [4.69, 9.17) is 4.74 Å². The van der Waals surface area contributed by atoms with Crippen LogP contribution in [-0.2, 0) is 11.3 Å². The van der Waals surface area contributed by atoms with E-state index < -0.39 is 0 Å². The summed E-state index contributed by atoms with van der Waals surface area (Å²) >= 11 is 0. The molecule has 1 aromatic rings. The summed E-state index contributed by atoms with van der Waals surface area (Å²) in [7, 11) is 0. The second-order valence-corrected chi connectivity index (χ2v) is 6.97. The van der Waals surface area contributed by atoms with Gasteiger partial charge in [-0.15, -0.1) is 0 Å². The maximum absolute atomic E-state index is 11.9. The van der Waals surface area contributed by atoms with Gasteiger partial charge in [0.2, 0.25) is 0 Å². The van der Waals surface area contributed by atoms with Gasteiger partial charge < -0.3 is 15.4 Å². The fourth-order valence-corrected chi connectivity index (χ4v) is 3.52. The van der Waals surface area contributed by atoms with Gasteiger partial charge in [-0.3, -0.25) is 9.80 Å². The van der Waals surface area contributed by atoms with Gasteiger partial charge in [-0.1, -0.05) is 30.3 Å². The standard InChI is InChI=1S/C19H30N4O2/c24-19(20-7-9-22-10-12-25-13-11-22)21-14-18-6-8-23(16-18)15-17-4-2-1-3-5-17/h1-5,18H,6-16H2,(H2,20,21,24). The minimum Gasteiger partial charge on any atom is -0.379 e. The molecule has 2 N–H and O–H groups in total. The molecule has 1 atom stereocenters. The second kappa shape index (κ2) is 9.75.